The van der Waals surface area contributed by atoms with Gasteiger partial charge in [-0.25, -0.2) is 0 Å². The summed E-state index contributed by atoms with van der Waals surface area (Å²) in [6, 6.07) is 14.8. The predicted octanol–water partition coefficient (Wildman–Crippen LogP) is 2.25. The van der Waals surface area contributed by atoms with Crippen LogP contribution in [0.15, 0.2) is 48.5 Å². The Balaban J connectivity index is 1.90. The smallest absolute Gasteiger partial charge is 0.255 e. The SMILES string of the molecule is COc1ccccc1C(=O)NCCc1ccc(N)cc1. The molecule has 0 radical (unpaired) electrons. The van der Waals surface area contributed by atoms with E-state index in [-0.39, 0.29) is 5.91 Å². The minimum Gasteiger partial charge on any atom is -0.496 e. The molecule has 0 aliphatic rings. The van der Waals surface area contributed by atoms with Crippen LogP contribution in [0.5, 0.6) is 5.75 Å². The van der Waals surface area contributed by atoms with Gasteiger partial charge in [0.2, 0.25) is 0 Å². The zero-order chi connectivity index (χ0) is 14.4. The van der Waals surface area contributed by atoms with E-state index in [0.29, 0.717) is 17.9 Å². The van der Waals surface area contributed by atoms with Gasteiger partial charge in [0.15, 0.2) is 0 Å². The zero-order valence-electron chi connectivity index (χ0n) is 11.4. The van der Waals surface area contributed by atoms with E-state index in [4.69, 9.17) is 10.5 Å². The monoisotopic (exact) mass is 270 g/mol. The summed E-state index contributed by atoms with van der Waals surface area (Å²) in [4.78, 5) is 12.1. The first kappa shape index (κ1) is 13.9. The second-order valence-corrected chi connectivity index (χ2v) is 4.45. The van der Waals surface area contributed by atoms with E-state index >= 15 is 0 Å². The van der Waals surface area contributed by atoms with E-state index in [0.717, 1.165) is 17.7 Å². The van der Waals surface area contributed by atoms with Crippen molar-refractivity contribution in [3.8, 4) is 5.75 Å². The number of hydrogen-bond donors (Lipinski definition) is 2. The van der Waals surface area contributed by atoms with Crippen molar-refractivity contribution in [2.75, 3.05) is 19.4 Å². The van der Waals surface area contributed by atoms with Crippen LogP contribution >= 0.6 is 0 Å². The van der Waals surface area contributed by atoms with Crippen molar-refractivity contribution in [3.05, 3.63) is 59.7 Å². The fourth-order valence-electron chi connectivity index (χ4n) is 1.93. The number of para-hydroxylation sites is 1. The van der Waals surface area contributed by atoms with Crippen molar-refractivity contribution >= 4 is 11.6 Å². The summed E-state index contributed by atoms with van der Waals surface area (Å²) < 4.78 is 5.17. The standard InChI is InChI=1S/C16H18N2O2/c1-20-15-5-3-2-4-14(15)16(19)18-11-10-12-6-8-13(17)9-7-12/h2-9H,10-11,17H2,1H3,(H,18,19). The van der Waals surface area contributed by atoms with Crippen LogP contribution in [0.25, 0.3) is 0 Å². The molecule has 0 spiro atoms. The normalized spacial score (nSPS) is 10.1. The third-order valence-corrected chi connectivity index (χ3v) is 3.03. The quantitative estimate of drug-likeness (QED) is 0.819. The van der Waals surface area contributed by atoms with Crippen molar-refractivity contribution in [3.63, 3.8) is 0 Å². The van der Waals surface area contributed by atoms with Crippen molar-refractivity contribution in [2.45, 2.75) is 6.42 Å². The Hall–Kier alpha value is -2.49. The molecule has 0 bridgehead atoms. The third kappa shape index (κ3) is 3.51. The number of rotatable bonds is 5. The van der Waals surface area contributed by atoms with E-state index in [9.17, 15) is 4.79 Å². The molecular formula is C16H18N2O2. The first-order chi connectivity index (χ1) is 9.70. The molecule has 0 aliphatic heterocycles. The Morgan fingerprint density at radius 3 is 2.55 bits per heavy atom. The fraction of sp³-hybridized carbons (Fsp3) is 0.188. The molecule has 0 heterocycles. The van der Waals surface area contributed by atoms with E-state index in [1.807, 2.05) is 36.4 Å². The number of nitrogen functional groups attached to an aromatic ring is 1. The molecule has 0 saturated heterocycles. The molecule has 0 fully saturated rings. The molecule has 20 heavy (non-hydrogen) atoms. The molecule has 4 heteroatoms. The van der Waals surface area contributed by atoms with Gasteiger partial charge in [-0.15, -0.1) is 0 Å². The second kappa shape index (κ2) is 6.61. The molecule has 104 valence electrons. The van der Waals surface area contributed by atoms with Crippen LogP contribution in [0.3, 0.4) is 0 Å². The topological polar surface area (TPSA) is 64.3 Å². The van der Waals surface area contributed by atoms with Gasteiger partial charge >= 0.3 is 0 Å². The van der Waals surface area contributed by atoms with E-state index in [1.54, 1.807) is 19.2 Å². The maximum absolute atomic E-state index is 12.1. The lowest BCUT2D eigenvalue weighted by atomic mass is 10.1. The number of amides is 1. The second-order valence-electron chi connectivity index (χ2n) is 4.45. The average Bonchev–Trinajstić information content (AvgIpc) is 2.49. The molecule has 2 aromatic carbocycles. The average molecular weight is 270 g/mol. The Morgan fingerprint density at radius 2 is 1.85 bits per heavy atom. The highest BCUT2D eigenvalue weighted by Gasteiger charge is 2.10. The van der Waals surface area contributed by atoms with Gasteiger partial charge in [0, 0.05) is 12.2 Å². The summed E-state index contributed by atoms with van der Waals surface area (Å²) in [6.07, 6.45) is 0.765. The number of benzene rings is 2. The van der Waals surface area contributed by atoms with Crippen LogP contribution < -0.4 is 15.8 Å². The van der Waals surface area contributed by atoms with Crippen molar-refractivity contribution in [2.24, 2.45) is 0 Å². The number of carbonyl (C=O) groups excluding carboxylic acids is 1. The number of hydrogen-bond acceptors (Lipinski definition) is 3. The Bertz CT molecular complexity index is 579. The molecule has 0 aromatic heterocycles. The van der Waals surface area contributed by atoms with Crippen LogP contribution in [-0.2, 0) is 6.42 Å². The maximum Gasteiger partial charge on any atom is 0.255 e. The maximum atomic E-state index is 12.1. The highest BCUT2D eigenvalue weighted by atomic mass is 16.5. The van der Waals surface area contributed by atoms with Gasteiger partial charge in [0.05, 0.1) is 12.7 Å². The molecule has 0 aliphatic carbocycles. The van der Waals surface area contributed by atoms with Crippen molar-refractivity contribution in [1.82, 2.24) is 5.32 Å². The van der Waals surface area contributed by atoms with Gasteiger partial charge in [-0.3, -0.25) is 4.79 Å². The van der Waals surface area contributed by atoms with Crippen molar-refractivity contribution < 1.29 is 9.53 Å². The molecule has 1 amide bonds. The van der Waals surface area contributed by atoms with E-state index < -0.39 is 0 Å². The van der Waals surface area contributed by atoms with Crippen molar-refractivity contribution in [1.29, 1.82) is 0 Å². The van der Waals surface area contributed by atoms with Crippen LogP contribution in [0, 0.1) is 0 Å². The minimum absolute atomic E-state index is 0.127. The lowest BCUT2D eigenvalue weighted by Crippen LogP contribution is -2.26. The fourth-order valence-corrected chi connectivity index (χ4v) is 1.93. The predicted molar refractivity (Wildman–Crippen MR) is 79.9 cm³/mol. The van der Waals surface area contributed by atoms with Crippen LogP contribution in [0.4, 0.5) is 5.69 Å². The highest BCUT2D eigenvalue weighted by Crippen LogP contribution is 2.16. The van der Waals surface area contributed by atoms with Gasteiger partial charge < -0.3 is 15.8 Å². The molecule has 2 rings (SSSR count). The zero-order valence-corrected chi connectivity index (χ0v) is 11.4. The number of anilines is 1. The molecule has 3 N–H and O–H groups in total. The third-order valence-electron chi connectivity index (χ3n) is 3.03. The van der Waals surface area contributed by atoms with Gasteiger partial charge in [0.1, 0.15) is 5.75 Å². The van der Waals surface area contributed by atoms with Gasteiger partial charge in [-0.2, -0.15) is 0 Å². The lowest BCUT2D eigenvalue weighted by molar-refractivity contribution is 0.0951. The largest absolute Gasteiger partial charge is 0.496 e. The molecule has 0 unspecified atom stereocenters. The van der Waals surface area contributed by atoms with Crippen LogP contribution in [0.1, 0.15) is 15.9 Å². The number of ether oxygens (including phenoxy) is 1. The number of methoxy groups -OCH3 is 1. The van der Waals surface area contributed by atoms with Gasteiger partial charge in [-0.1, -0.05) is 24.3 Å². The van der Waals surface area contributed by atoms with E-state index in [1.165, 1.54) is 0 Å². The Morgan fingerprint density at radius 1 is 1.15 bits per heavy atom. The van der Waals surface area contributed by atoms with E-state index in [2.05, 4.69) is 5.32 Å². The summed E-state index contributed by atoms with van der Waals surface area (Å²) >= 11 is 0. The highest BCUT2D eigenvalue weighted by molar-refractivity contribution is 5.96. The Labute approximate surface area is 118 Å². The summed E-state index contributed by atoms with van der Waals surface area (Å²) in [7, 11) is 1.56. The number of nitrogens with two attached hydrogens (primary N) is 1. The van der Waals surface area contributed by atoms with Crippen LogP contribution in [0.2, 0.25) is 0 Å². The molecular weight excluding hydrogens is 252 g/mol. The first-order valence-corrected chi connectivity index (χ1v) is 6.46. The first-order valence-electron chi connectivity index (χ1n) is 6.46. The molecule has 4 nitrogen and oxygen atoms in total. The number of nitrogens with one attached hydrogen (secondary N) is 1. The minimum atomic E-state index is -0.127. The molecule has 0 atom stereocenters. The van der Waals surface area contributed by atoms with Gasteiger partial charge in [-0.05, 0) is 36.2 Å². The van der Waals surface area contributed by atoms with Gasteiger partial charge in [0.25, 0.3) is 5.91 Å². The summed E-state index contributed by atoms with van der Waals surface area (Å²) in [5.41, 5.74) is 8.06. The molecule has 2 aromatic rings. The van der Waals surface area contributed by atoms with Crippen LogP contribution in [-0.4, -0.2) is 19.6 Å². The summed E-state index contributed by atoms with van der Waals surface area (Å²) in [6.45, 7) is 0.570. The summed E-state index contributed by atoms with van der Waals surface area (Å²) in [5.74, 6) is 0.454. The molecule has 0 saturated carbocycles. The summed E-state index contributed by atoms with van der Waals surface area (Å²) in [5, 5.41) is 2.89. The Kier molecular flexibility index (Phi) is 4.60. The number of carbonyl (C=O) groups is 1. The lowest BCUT2D eigenvalue weighted by Gasteiger charge is -2.09.